The van der Waals surface area contributed by atoms with Gasteiger partial charge in [-0.1, -0.05) is 0 Å². The molecule has 0 aliphatic carbocycles. The van der Waals surface area contributed by atoms with E-state index < -0.39 is 41.0 Å². The Balaban J connectivity index is 4.24. The lowest BCUT2D eigenvalue weighted by Gasteiger charge is -2.12. The molecular formula is C8H16N2O7S. The number of carbonyl (C=O) groups is 2. The number of methoxy groups -OCH3 is 1. The summed E-state index contributed by atoms with van der Waals surface area (Å²) in [5, 5.41) is 9.12. The van der Waals surface area contributed by atoms with E-state index >= 15 is 0 Å². The molecule has 0 saturated carbocycles. The molecular weight excluding hydrogens is 268 g/mol. The summed E-state index contributed by atoms with van der Waals surface area (Å²) in [5.41, 5.74) is 0. The van der Waals surface area contributed by atoms with Crippen molar-refractivity contribution in [3.05, 3.63) is 0 Å². The van der Waals surface area contributed by atoms with Gasteiger partial charge in [0.1, 0.15) is 0 Å². The van der Waals surface area contributed by atoms with Gasteiger partial charge in [0.25, 0.3) is 0 Å². The van der Waals surface area contributed by atoms with Crippen LogP contribution in [0.25, 0.3) is 0 Å². The normalized spacial score (nSPS) is 12.9. The number of rotatable bonds is 6. The van der Waals surface area contributed by atoms with E-state index in [4.69, 9.17) is 5.11 Å². The van der Waals surface area contributed by atoms with Crippen molar-refractivity contribution in [1.29, 1.82) is 0 Å². The summed E-state index contributed by atoms with van der Waals surface area (Å²) in [4.78, 5) is 21.8. The van der Waals surface area contributed by atoms with Crippen molar-refractivity contribution in [3.63, 3.8) is 0 Å². The van der Waals surface area contributed by atoms with Gasteiger partial charge in [0.2, 0.25) is 0 Å². The molecule has 10 heteroatoms. The number of carbonyl (C=O) groups excluding carboxylic acids is 2. The molecule has 0 heterocycles. The van der Waals surface area contributed by atoms with Crippen LogP contribution in [0.2, 0.25) is 0 Å². The summed E-state index contributed by atoms with van der Waals surface area (Å²) in [6.45, 7) is 2.46. The number of aliphatic hydroxyl groups is 1. The minimum atomic E-state index is -4.21. The number of esters is 1. The molecule has 0 spiro atoms. The van der Waals surface area contributed by atoms with E-state index in [1.165, 1.54) is 4.72 Å². The van der Waals surface area contributed by atoms with E-state index in [-0.39, 0.29) is 0 Å². The van der Waals surface area contributed by atoms with Gasteiger partial charge in [-0.2, -0.15) is 13.1 Å². The molecule has 0 aliphatic heterocycles. The highest BCUT2D eigenvalue weighted by Gasteiger charge is 2.21. The number of nitrogens with one attached hydrogen (secondary N) is 2. The summed E-state index contributed by atoms with van der Waals surface area (Å²) in [6.07, 6.45) is -3.31. The number of ether oxygens (including phenoxy) is 2. The molecule has 0 rings (SSSR count). The number of amides is 1. The molecule has 1 atom stereocenters. The predicted molar refractivity (Wildman–Crippen MR) is 59.7 cm³/mol. The zero-order valence-electron chi connectivity index (χ0n) is 10.2. The molecule has 9 nitrogen and oxygen atoms in total. The smallest absolute Gasteiger partial charge is 0.422 e. The van der Waals surface area contributed by atoms with Crippen molar-refractivity contribution in [2.24, 2.45) is 0 Å². The standard InChI is InChI=1S/C8H16N2O7S/c1-5(2)17-8(13)10-18(14,15)9-4-6(11)7(12)16-3/h5-6,9,11H,4H2,1-3H3,(H,10,13). The van der Waals surface area contributed by atoms with Gasteiger partial charge in [-0.15, -0.1) is 0 Å². The van der Waals surface area contributed by atoms with Crippen molar-refractivity contribution < 1.29 is 32.6 Å². The van der Waals surface area contributed by atoms with Crippen LogP contribution in [0.1, 0.15) is 13.8 Å². The Bertz CT molecular complexity index is 392. The number of aliphatic hydroxyl groups excluding tert-OH is 1. The van der Waals surface area contributed by atoms with E-state index in [1.54, 1.807) is 18.6 Å². The number of hydrogen-bond donors (Lipinski definition) is 3. The first-order chi connectivity index (χ1) is 8.18. The van der Waals surface area contributed by atoms with Gasteiger partial charge >= 0.3 is 22.3 Å². The summed E-state index contributed by atoms with van der Waals surface area (Å²) < 4.78 is 34.5. The maximum atomic E-state index is 11.3. The second-order valence-corrected chi connectivity index (χ2v) is 4.95. The highest BCUT2D eigenvalue weighted by Crippen LogP contribution is 1.91. The SMILES string of the molecule is COC(=O)C(O)CNS(=O)(=O)NC(=O)OC(C)C. The molecule has 18 heavy (non-hydrogen) atoms. The van der Waals surface area contributed by atoms with Crippen LogP contribution in [-0.4, -0.2) is 51.4 Å². The monoisotopic (exact) mass is 284 g/mol. The Morgan fingerprint density at radius 3 is 2.33 bits per heavy atom. The molecule has 106 valence electrons. The van der Waals surface area contributed by atoms with E-state index in [2.05, 4.69) is 9.47 Å². The topological polar surface area (TPSA) is 131 Å². The van der Waals surface area contributed by atoms with E-state index in [0.717, 1.165) is 7.11 Å². The van der Waals surface area contributed by atoms with Gasteiger partial charge in [0.05, 0.1) is 13.2 Å². The Kier molecular flexibility index (Phi) is 6.58. The predicted octanol–water partition coefficient (Wildman–Crippen LogP) is -1.51. The molecule has 0 aliphatic rings. The fraction of sp³-hybridized carbons (Fsp3) is 0.750. The van der Waals surface area contributed by atoms with Crippen molar-refractivity contribution in [2.45, 2.75) is 26.1 Å². The first kappa shape index (κ1) is 16.6. The van der Waals surface area contributed by atoms with Crippen LogP contribution in [0.5, 0.6) is 0 Å². The largest absolute Gasteiger partial charge is 0.467 e. The molecule has 0 bridgehead atoms. The Morgan fingerprint density at radius 2 is 1.89 bits per heavy atom. The summed E-state index contributed by atoms with van der Waals surface area (Å²) in [6, 6.07) is 0. The van der Waals surface area contributed by atoms with Gasteiger partial charge in [-0.05, 0) is 13.8 Å². The lowest BCUT2D eigenvalue weighted by atomic mass is 10.4. The maximum Gasteiger partial charge on any atom is 0.422 e. The lowest BCUT2D eigenvalue weighted by Crippen LogP contribution is -2.45. The highest BCUT2D eigenvalue weighted by atomic mass is 32.2. The van der Waals surface area contributed by atoms with Gasteiger partial charge in [-0.3, -0.25) is 0 Å². The first-order valence-corrected chi connectivity index (χ1v) is 6.40. The van der Waals surface area contributed by atoms with Crippen molar-refractivity contribution >= 4 is 22.3 Å². The van der Waals surface area contributed by atoms with Gasteiger partial charge in [-0.25, -0.2) is 14.3 Å². The zero-order valence-corrected chi connectivity index (χ0v) is 11.0. The Morgan fingerprint density at radius 1 is 1.33 bits per heavy atom. The van der Waals surface area contributed by atoms with Crippen LogP contribution >= 0.6 is 0 Å². The Labute approximate surface area is 105 Å². The minimum absolute atomic E-state index is 0.485. The fourth-order valence-electron chi connectivity index (χ4n) is 0.792. The summed E-state index contributed by atoms with van der Waals surface area (Å²) in [7, 11) is -3.17. The molecule has 0 aromatic heterocycles. The van der Waals surface area contributed by atoms with Crippen LogP contribution in [-0.2, 0) is 24.5 Å². The third kappa shape index (κ3) is 7.04. The summed E-state index contributed by atoms with van der Waals surface area (Å²) >= 11 is 0. The third-order valence-electron chi connectivity index (χ3n) is 1.50. The molecule has 3 N–H and O–H groups in total. The van der Waals surface area contributed by atoms with Crippen molar-refractivity contribution in [2.75, 3.05) is 13.7 Å². The highest BCUT2D eigenvalue weighted by molar-refractivity contribution is 7.88. The van der Waals surface area contributed by atoms with Crippen LogP contribution in [0, 0.1) is 0 Å². The van der Waals surface area contributed by atoms with Crippen LogP contribution in [0.3, 0.4) is 0 Å². The van der Waals surface area contributed by atoms with Gasteiger partial charge in [0, 0.05) is 6.54 Å². The van der Waals surface area contributed by atoms with Crippen LogP contribution in [0.4, 0.5) is 4.79 Å². The molecule has 0 saturated heterocycles. The Hall–Kier alpha value is -1.39. The average Bonchev–Trinajstić information content (AvgIpc) is 2.22. The average molecular weight is 284 g/mol. The zero-order chi connectivity index (χ0) is 14.3. The molecule has 0 fully saturated rings. The second kappa shape index (κ2) is 7.13. The van der Waals surface area contributed by atoms with E-state index in [1.807, 2.05) is 0 Å². The van der Waals surface area contributed by atoms with Crippen molar-refractivity contribution in [1.82, 2.24) is 9.44 Å². The minimum Gasteiger partial charge on any atom is -0.467 e. The van der Waals surface area contributed by atoms with E-state index in [0.29, 0.717) is 0 Å². The maximum absolute atomic E-state index is 11.3. The molecule has 0 aromatic carbocycles. The fourth-order valence-corrected chi connectivity index (χ4v) is 1.51. The van der Waals surface area contributed by atoms with Crippen LogP contribution < -0.4 is 9.44 Å². The number of hydrogen-bond acceptors (Lipinski definition) is 7. The molecule has 0 aromatic rings. The summed E-state index contributed by atoms with van der Waals surface area (Å²) in [5.74, 6) is -0.998. The third-order valence-corrected chi connectivity index (χ3v) is 2.48. The van der Waals surface area contributed by atoms with E-state index in [9.17, 15) is 18.0 Å². The van der Waals surface area contributed by atoms with Gasteiger partial charge in [0.15, 0.2) is 6.10 Å². The second-order valence-electron chi connectivity index (χ2n) is 3.45. The van der Waals surface area contributed by atoms with Crippen LogP contribution in [0.15, 0.2) is 0 Å². The van der Waals surface area contributed by atoms with Gasteiger partial charge < -0.3 is 14.6 Å². The lowest BCUT2D eigenvalue weighted by molar-refractivity contribution is -0.149. The van der Waals surface area contributed by atoms with Crippen molar-refractivity contribution in [3.8, 4) is 0 Å². The molecule has 1 unspecified atom stereocenters. The first-order valence-electron chi connectivity index (χ1n) is 4.92. The molecule has 1 amide bonds. The molecule has 0 radical (unpaired) electrons. The quantitative estimate of drug-likeness (QED) is 0.505.